The summed E-state index contributed by atoms with van der Waals surface area (Å²) in [5, 5.41) is 7.50. The van der Waals surface area contributed by atoms with Crippen LogP contribution in [-0.4, -0.2) is 9.13 Å². The number of aromatic nitrogens is 2. The van der Waals surface area contributed by atoms with Gasteiger partial charge in [-0.1, -0.05) is 152 Å². The molecule has 0 atom stereocenters. The van der Waals surface area contributed by atoms with Crippen molar-refractivity contribution < 1.29 is 0 Å². The van der Waals surface area contributed by atoms with E-state index in [1.165, 1.54) is 93.5 Å². The lowest BCUT2D eigenvalue weighted by Crippen LogP contribution is -1.95. The van der Waals surface area contributed by atoms with Crippen molar-refractivity contribution in [1.29, 1.82) is 0 Å². The molecule has 0 spiro atoms. The quantitative estimate of drug-likeness (QED) is 0.171. The molecule has 2 nitrogen and oxygen atoms in total. The fraction of sp³-hybridized carbons (Fsp3) is 0. The molecule has 252 valence electrons. The molecule has 54 heavy (non-hydrogen) atoms. The highest BCUT2D eigenvalue weighted by Crippen LogP contribution is 2.42. The summed E-state index contributed by atoms with van der Waals surface area (Å²) in [4.78, 5) is 0. The predicted octanol–water partition coefficient (Wildman–Crippen LogP) is 14.0. The molecule has 2 heterocycles. The highest BCUT2D eigenvalue weighted by molar-refractivity contribution is 6.17. The molecule has 2 aromatic heterocycles. The molecule has 0 saturated carbocycles. The smallest absolute Gasteiger partial charge is 0.0547 e. The average Bonchev–Trinajstić information content (AvgIpc) is 3.76. The predicted molar refractivity (Wildman–Crippen MR) is 229 cm³/mol. The van der Waals surface area contributed by atoms with E-state index in [-0.39, 0.29) is 0 Å². The summed E-state index contributed by atoms with van der Waals surface area (Å²) >= 11 is 0. The number of benzene rings is 9. The van der Waals surface area contributed by atoms with Gasteiger partial charge in [-0.15, -0.1) is 0 Å². The van der Waals surface area contributed by atoms with Gasteiger partial charge in [0.2, 0.25) is 0 Å². The second-order valence-corrected chi connectivity index (χ2v) is 14.1. The number of fused-ring (bicyclic) bond motifs is 7. The van der Waals surface area contributed by atoms with Gasteiger partial charge in [-0.3, -0.25) is 0 Å². The Labute approximate surface area is 313 Å². The van der Waals surface area contributed by atoms with Crippen LogP contribution in [0.4, 0.5) is 0 Å². The standard InChI is InChI=1S/C52H34N2/c1-3-14-35(15-4-1)38-20-11-21-41(32-38)53-50-31-29-40(34-46(50)52-43(24-13-27-51(52)53)37-16-5-2-6-17-37)39-28-30-49-45(33-39)44-23-9-10-25-48(44)54(49)47-26-12-19-36-18-7-8-22-42(36)47/h1-34H. The molecule has 0 aliphatic rings. The molecule has 0 bridgehead atoms. The van der Waals surface area contributed by atoms with Gasteiger partial charge < -0.3 is 9.13 Å². The molecule has 2 heteroatoms. The maximum Gasteiger partial charge on any atom is 0.0547 e. The second kappa shape index (κ2) is 12.2. The van der Waals surface area contributed by atoms with E-state index in [0.29, 0.717) is 0 Å². The molecule has 0 saturated heterocycles. The highest BCUT2D eigenvalue weighted by atomic mass is 15.0. The molecule has 0 unspecified atom stereocenters. The van der Waals surface area contributed by atoms with Crippen LogP contribution >= 0.6 is 0 Å². The molecule has 9 aromatic carbocycles. The van der Waals surface area contributed by atoms with Crippen molar-refractivity contribution in [2.45, 2.75) is 0 Å². The first-order chi connectivity index (χ1) is 26.8. The van der Waals surface area contributed by atoms with Crippen LogP contribution in [0.3, 0.4) is 0 Å². The number of para-hydroxylation sites is 1. The van der Waals surface area contributed by atoms with Crippen LogP contribution in [0.2, 0.25) is 0 Å². The summed E-state index contributed by atoms with van der Waals surface area (Å²) in [6, 6.07) is 75.2. The van der Waals surface area contributed by atoms with Gasteiger partial charge in [0.05, 0.1) is 27.8 Å². The Bertz CT molecular complexity index is 3200. The summed E-state index contributed by atoms with van der Waals surface area (Å²) in [5.74, 6) is 0. The Morgan fingerprint density at radius 2 is 0.833 bits per heavy atom. The average molecular weight is 687 g/mol. The van der Waals surface area contributed by atoms with Crippen molar-refractivity contribution in [2.24, 2.45) is 0 Å². The van der Waals surface area contributed by atoms with Gasteiger partial charge in [0, 0.05) is 32.6 Å². The van der Waals surface area contributed by atoms with Crippen LogP contribution < -0.4 is 0 Å². The summed E-state index contributed by atoms with van der Waals surface area (Å²) in [7, 11) is 0. The lowest BCUT2D eigenvalue weighted by molar-refractivity contribution is 1.18. The maximum atomic E-state index is 2.44. The second-order valence-electron chi connectivity index (χ2n) is 14.1. The van der Waals surface area contributed by atoms with Crippen molar-refractivity contribution in [3.05, 3.63) is 206 Å². The summed E-state index contributed by atoms with van der Waals surface area (Å²) in [6.45, 7) is 0. The lowest BCUT2D eigenvalue weighted by Gasteiger charge is -2.12. The molecule has 0 radical (unpaired) electrons. The summed E-state index contributed by atoms with van der Waals surface area (Å²) < 4.78 is 4.87. The zero-order chi connectivity index (χ0) is 35.6. The van der Waals surface area contributed by atoms with Crippen LogP contribution in [0.15, 0.2) is 206 Å². The maximum absolute atomic E-state index is 2.44. The molecular formula is C52H34N2. The van der Waals surface area contributed by atoms with E-state index in [0.717, 1.165) is 5.69 Å². The first-order valence-electron chi connectivity index (χ1n) is 18.6. The molecule has 11 rings (SSSR count). The van der Waals surface area contributed by atoms with Crippen molar-refractivity contribution in [2.75, 3.05) is 0 Å². The van der Waals surface area contributed by atoms with E-state index in [2.05, 4.69) is 215 Å². The zero-order valence-corrected chi connectivity index (χ0v) is 29.5. The van der Waals surface area contributed by atoms with E-state index in [1.54, 1.807) is 0 Å². The third-order valence-corrected chi connectivity index (χ3v) is 11.1. The Balaban J connectivity index is 1.14. The number of hydrogen-bond donors (Lipinski definition) is 0. The van der Waals surface area contributed by atoms with Gasteiger partial charge in [-0.05, 0) is 93.4 Å². The largest absolute Gasteiger partial charge is 0.309 e. The minimum atomic E-state index is 1.15. The van der Waals surface area contributed by atoms with E-state index in [4.69, 9.17) is 0 Å². The van der Waals surface area contributed by atoms with Gasteiger partial charge in [0.15, 0.2) is 0 Å². The molecule has 0 fully saturated rings. The first-order valence-corrected chi connectivity index (χ1v) is 18.6. The van der Waals surface area contributed by atoms with Gasteiger partial charge in [0.25, 0.3) is 0 Å². The normalized spacial score (nSPS) is 11.7. The van der Waals surface area contributed by atoms with E-state index >= 15 is 0 Å². The summed E-state index contributed by atoms with van der Waals surface area (Å²) in [5.41, 5.74) is 14.4. The first kappa shape index (κ1) is 30.5. The van der Waals surface area contributed by atoms with Crippen LogP contribution in [0.1, 0.15) is 0 Å². The molecule has 0 N–H and O–H groups in total. The number of hydrogen-bond acceptors (Lipinski definition) is 0. The van der Waals surface area contributed by atoms with Crippen molar-refractivity contribution >= 4 is 54.4 Å². The van der Waals surface area contributed by atoms with Crippen LogP contribution in [-0.2, 0) is 0 Å². The molecule has 11 aromatic rings. The SMILES string of the molecule is c1ccc(-c2cccc(-n3c4ccc(-c5ccc6c(c5)c5ccccc5n6-c5cccc6ccccc56)cc4c4c(-c5ccccc5)cccc43)c2)cc1. The number of nitrogens with zero attached hydrogens (tertiary/aromatic N) is 2. The third-order valence-electron chi connectivity index (χ3n) is 11.1. The molecular weight excluding hydrogens is 653 g/mol. The lowest BCUT2D eigenvalue weighted by atomic mass is 9.97. The van der Waals surface area contributed by atoms with Gasteiger partial charge in [-0.25, -0.2) is 0 Å². The van der Waals surface area contributed by atoms with E-state index in [1.807, 2.05) is 0 Å². The van der Waals surface area contributed by atoms with Crippen LogP contribution in [0.25, 0.3) is 99.1 Å². The third kappa shape index (κ3) is 4.74. The Morgan fingerprint density at radius 3 is 1.65 bits per heavy atom. The van der Waals surface area contributed by atoms with E-state index < -0.39 is 0 Å². The minimum absolute atomic E-state index is 1.15. The Kier molecular flexibility index (Phi) is 6.90. The van der Waals surface area contributed by atoms with Crippen LogP contribution in [0.5, 0.6) is 0 Å². The number of rotatable bonds is 5. The Morgan fingerprint density at radius 1 is 0.278 bits per heavy atom. The van der Waals surface area contributed by atoms with E-state index in [9.17, 15) is 0 Å². The van der Waals surface area contributed by atoms with Gasteiger partial charge in [-0.2, -0.15) is 0 Å². The Hall–Kier alpha value is -7.16. The molecule has 0 aliphatic heterocycles. The summed E-state index contributed by atoms with van der Waals surface area (Å²) in [6.07, 6.45) is 0. The van der Waals surface area contributed by atoms with Gasteiger partial charge in [0.1, 0.15) is 0 Å². The monoisotopic (exact) mass is 686 g/mol. The fourth-order valence-electron chi connectivity index (χ4n) is 8.66. The van der Waals surface area contributed by atoms with Crippen molar-refractivity contribution in [3.63, 3.8) is 0 Å². The highest BCUT2D eigenvalue weighted by Gasteiger charge is 2.19. The zero-order valence-electron chi connectivity index (χ0n) is 29.5. The topological polar surface area (TPSA) is 9.86 Å². The van der Waals surface area contributed by atoms with Crippen LogP contribution in [0, 0.1) is 0 Å². The minimum Gasteiger partial charge on any atom is -0.309 e. The van der Waals surface area contributed by atoms with Crippen molar-refractivity contribution in [1.82, 2.24) is 9.13 Å². The van der Waals surface area contributed by atoms with Crippen molar-refractivity contribution in [3.8, 4) is 44.8 Å². The molecule has 0 aliphatic carbocycles. The van der Waals surface area contributed by atoms with Gasteiger partial charge >= 0.3 is 0 Å². The fourth-order valence-corrected chi connectivity index (χ4v) is 8.66. The molecule has 0 amide bonds.